The second-order valence-corrected chi connectivity index (χ2v) is 6.70. The number of benzene rings is 1. The van der Waals surface area contributed by atoms with Crippen LogP contribution >= 0.6 is 0 Å². The average molecular weight is 357 g/mol. The number of piperidine rings is 1. The summed E-state index contributed by atoms with van der Waals surface area (Å²) in [4.78, 5) is 28.2. The molecule has 1 aliphatic rings. The summed E-state index contributed by atoms with van der Waals surface area (Å²) in [5, 5.41) is 8.89. The average Bonchev–Trinajstić information content (AvgIpc) is 2.68. The summed E-state index contributed by atoms with van der Waals surface area (Å²) in [7, 11) is 1.41. The molecule has 0 unspecified atom stereocenters. The molecule has 0 saturated carbocycles. The Hall–Kier alpha value is -2.39. The molecule has 1 heterocycles. The number of likely N-dealkylation sites (tertiary alicyclic amines) is 1. The van der Waals surface area contributed by atoms with Gasteiger partial charge in [0.15, 0.2) is 0 Å². The van der Waals surface area contributed by atoms with Crippen LogP contribution in [0.4, 0.5) is 0 Å². The fourth-order valence-electron chi connectivity index (χ4n) is 3.30. The lowest BCUT2D eigenvalue weighted by Gasteiger charge is -2.32. The molecule has 0 atom stereocenters. The molecule has 0 spiro atoms. The molecule has 1 aromatic carbocycles. The summed E-state index contributed by atoms with van der Waals surface area (Å²) in [6.07, 6.45) is 2.30. The number of ether oxygens (including phenoxy) is 1. The Morgan fingerprint density at radius 2 is 1.92 bits per heavy atom. The van der Waals surface area contributed by atoms with E-state index in [2.05, 4.69) is 17.9 Å². The molecular weight excluding hydrogens is 330 g/mol. The lowest BCUT2D eigenvalue weighted by Crippen LogP contribution is -2.45. The molecule has 140 valence electrons. The summed E-state index contributed by atoms with van der Waals surface area (Å²) >= 11 is 0. The van der Waals surface area contributed by atoms with E-state index in [0.717, 1.165) is 18.5 Å². The van der Waals surface area contributed by atoms with E-state index in [1.54, 1.807) is 12.1 Å². The van der Waals surface area contributed by atoms with Gasteiger partial charge in [0, 0.05) is 19.6 Å². The minimum atomic E-state index is -0.175. The lowest BCUT2D eigenvalue weighted by molar-refractivity contribution is -0.149. The third-order valence-corrected chi connectivity index (χ3v) is 4.77. The number of methoxy groups -OCH3 is 1. The zero-order valence-corrected chi connectivity index (χ0v) is 15.6. The van der Waals surface area contributed by atoms with Crippen LogP contribution < -0.4 is 0 Å². The van der Waals surface area contributed by atoms with Crippen LogP contribution in [0.3, 0.4) is 0 Å². The molecule has 2 rings (SSSR count). The number of carbonyl (C=O) groups excluding carboxylic acids is 2. The van der Waals surface area contributed by atoms with Crippen molar-refractivity contribution in [1.82, 2.24) is 9.80 Å². The number of hydrogen-bond donors (Lipinski definition) is 0. The van der Waals surface area contributed by atoms with Crippen LogP contribution in [0.25, 0.3) is 0 Å². The molecule has 0 aromatic heterocycles. The SMILES string of the molecule is CCCN(CC(=O)N1CCC(C(=O)OC)CC1)Cc1ccc(C#N)cc1. The van der Waals surface area contributed by atoms with Gasteiger partial charge in [-0.25, -0.2) is 0 Å². The van der Waals surface area contributed by atoms with E-state index in [4.69, 9.17) is 10.00 Å². The zero-order valence-electron chi connectivity index (χ0n) is 15.6. The predicted molar refractivity (Wildman–Crippen MR) is 98.0 cm³/mol. The Morgan fingerprint density at radius 3 is 2.46 bits per heavy atom. The molecule has 6 heteroatoms. The van der Waals surface area contributed by atoms with Gasteiger partial charge in [-0.15, -0.1) is 0 Å². The molecule has 1 amide bonds. The van der Waals surface area contributed by atoms with Crippen LogP contribution in [0, 0.1) is 17.2 Å². The summed E-state index contributed by atoms with van der Waals surface area (Å²) in [6.45, 7) is 5.20. The van der Waals surface area contributed by atoms with Crippen LogP contribution in [-0.2, 0) is 20.9 Å². The monoisotopic (exact) mass is 357 g/mol. The van der Waals surface area contributed by atoms with Crippen LogP contribution in [0.1, 0.15) is 37.3 Å². The van der Waals surface area contributed by atoms with Gasteiger partial charge in [-0.1, -0.05) is 19.1 Å². The van der Waals surface area contributed by atoms with Crippen molar-refractivity contribution in [1.29, 1.82) is 5.26 Å². The van der Waals surface area contributed by atoms with Crippen molar-refractivity contribution in [2.75, 3.05) is 33.3 Å². The quantitative estimate of drug-likeness (QED) is 0.699. The van der Waals surface area contributed by atoms with Gasteiger partial charge in [0.1, 0.15) is 0 Å². The number of rotatable bonds is 7. The molecule has 26 heavy (non-hydrogen) atoms. The van der Waals surface area contributed by atoms with E-state index < -0.39 is 0 Å². The van der Waals surface area contributed by atoms with Crippen LogP contribution in [0.15, 0.2) is 24.3 Å². The molecule has 1 saturated heterocycles. The summed E-state index contributed by atoms with van der Waals surface area (Å²) in [5.41, 5.74) is 1.73. The van der Waals surface area contributed by atoms with E-state index in [-0.39, 0.29) is 17.8 Å². The molecule has 0 bridgehead atoms. The summed E-state index contributed by atoms with van der Waals surface area (Å²) in [5.74, 6) is -0.157. The highest BCUT2D eigenvalue weighted by atomic mass is 16.5. The molecule has 0 radical (unpaired) electrons. The maximum atomic E-state index is 12.6. The molecule has 6 nitrogen and oxygen atoms in total. The Kier molecular flexibility index (Phi) is 7.61. The first-order chi connectivity index (χ1) is 12.6. The van der Waals surface area contributed by atoms with Gasteiger partial charge >= 0.3 is 5.97 Å². The maximum absolute atomic E-state index is 12.6. The molecule has 1 aromatic rings. The van der Waals surface area contributed by atoms with Gasteiger partial charge in [0.2, 0.25) is 5.91 Å². The minimum absolute atomic E-state index is 0.0885. The maximum Gasteiger partial charge on any atom is 0.308 e. The van der Waals surface area contributed by atoms with Gasteiger partial charge < -0.3 is 9.64 Å². The van der Waals surface area contributed by atoms with E-state index in [1.165, 1.54) is 7.11 Å². The highest BCUT2D eigenvalue weighted by Crippen LogP contribution is 2.19. The molecular formula is C20H27N3O3. The van der Waals surface area contributed by atoms with Gasteiger partial charge in [0.25, 0.3) is 0 Å². The largest absolute Gasteiger partial charge is 0.469 e. The first-order valence-corrected chi connectivity index (χ1v) is 9.14. The number of nitrogens with zero attached hydrogens (tertiary/aromatic N) is 3. The van der Waals surface area contributed by atoms with Crippen LogP contribution in [-0.4, -0.2) is 55.0 Å². The second kappa shape index (κ2) is 9.93. The van der Waals surface area contributed by atoms with Gasteiger partial charge in [-0.05, 0) is 43.5 Å². The van der Waals surface area contributed by atoms with Crippen molar-refractivity contribution in [3.8, 4) is 6.07 Å². The summed E-state index contributed by atoms with van der Waals surface area (Å²) in [6, 6.07) is 9.60. The Morgan fingerprint density at radius 1 is 1.27 bits per heavy atom. The standard InChI is InChI=1S/C20H27N3O3/c1-3-10-22(14-17-6-4-16(13-21)5-7-17)15-19(24)23-11-8-18(9-12-23)20(25)26-2/h4-7,18H,3,8-12,14-15H2,1-2H3. The fraction of sp³-hybridized carbons (Fsp3) is 0.550. The second-order valence-electron chi connectivity index (χ2n) is 6.70. The Balaban J connectivity index is 1.89. The first kappa shape index (κ1) is 19.9. The minimum Gasteiger partial charge on any atom is -0.469 e. The number of esters is 1. The summed E-state index contributed by atoms with van der Waals surface area (Å²) < 4.78 is 4.79. The predicted octanol–water partition coefficient (Wildman–Crippen LogP) is 2.18. The van der Waals surface area contributed by atoms with Crippen molar-refractivity contribution < 1.29 is 14.3 Å². The number of hydrogen-bond acceptors (Lipinski definition) is 5. The van der Waals surface area contributed by atoms with Gasteiger partial charge in [-0.2, -0.15) is 5.26 Å². The molecule has 0 N–H and O–H groups in total. The fourth-order valence-corrected chi connectivity index (χ4v) is 3.30. The van der Waals surface area contributed by atoms with Gasteiger partial charge in [-0.3, -0.25) is 14.5 Å². The molecule has 1 fully saturated rings. The van der Waals surface area contributed by atoms with Crippen LogP contribution in [0.5, 0.6) is 0 Å². The van der Waals surface area contributed by atoms with Gasteiger partial charge in [0.05, 0.1) is 31.2 Å². The molecule has 0 aliphatic carbocycles. The lowest BCUT2D eigenvalue weighted by atomic mass is 9.97. The number of carbonyl (C=O) groups is 2. The van der Waals surface area contributed by atoms with Crippen molar-refractivity contribution >= 4 is 11.9 Å². The topological polar surface area (TPSA) is 73.6 Å². The highest BCUT2D eigenvalue weighted by molar-refractivity contribution is 5.79. The first-order valence-electron chi connectivity index (χ1n) is 9.14. The van der Waals surface area contributed by atoms with Crippen molar-refractivity contribution in [3.63, 3.8) is 0 Å². The van der Waals surface area contributed by atoms with E-state index in [9.17, 15) is 9.59 Å². The van der Waals surface area contributed by atoms with E-state index >= 15 is 0 Å². The third-order valence-electron chi connectivity index (χ3n) is 4.77. The third kappa shape index (κ3) is 5.57. The number of nitriles is 1. The Labute approximate surface area is 155 Å². The van der Waals surface area contributed by atoms with Crippen molar-refractivity contribution in [3.05, 3.63) is 35.4 Å². The van der Waals surface area contributed by atoms with Crippen molar-refractivity contribution in [2.45, 2.75) is 32.7 Å². The van der Waals surface area contributed by atoms with Crippen molar-refractivity contribution in [2.24, 2.45) is 5.92 Å². The highest BCUT2D eigenvalue weighted by Gasteiger charge is 2.28. The van der Waals surface area contributed by atoms with E-state index in [0.29, 0.717) is 44.6 Å². The smallest absolute Gasteiger partial charge is 0.308 e. The zero-order chi connectivity index (χ0) is 18.9. The van der Waals surface area contributed by atoms with E-state index in [1.807, 2.05) is 17.0 Å². The molecule has 1 aliphatic heterocycles. The van der Waals surface area contributed by atoms with Crippen LogP contribution in [0.2, 0.25) is 0 Å². The number of amides is 1. The normalized spacial score (nSPS) is 14.9. The Bertz CT molecular complexity index is 643.